The van der Waals surface area contributed by atoms with Gasteiger partial charge < -0.3 is 0 Å². The number of hydrogen-bond donors (Lipinski definition) is 1. The molecule has 0 radical (unpaired) electrons. The molecular formula is C14H11FN4S. The molecule has 3 aromatic rings. The second-order valence-corrected chi connectivity index (χ2v) is 4.69. The van der Waals surface area contributed by atoms with Crippen molar-refractivity contribution in [1.29, 1.82) is 0 Å². The van der Waals surface area contributed by atoms with E-state index in [2.05, 4.69) is 15.2 Å². The summed E-state index contributed by atoms with van der Waals surface area (Å²) in [5, 5.41) is 7.00. The van der Waals surface area contributed by atoms with E-state index < -0.39 is 0 Å². The predicted octanol–water partition coefficient (Wildman–Crippen LogP) is 3.19. The third-order valence-corrected chi connectivity index (χ3v) is 3.24. The number of benzene rings is 1. The van der Waals surface area contributed by atoms with Crippen molar-refractivity contribution in [1.82, 2.24) is 19.7 Å². The second kappa shape index (κ2) is 5.34. The lowest BCUT2D eigenvalue weighted by Crippen LogP contribution is -2.02. The maximum Gasteiger partial charge on any atom is 0.195 e. The zero-order chi connectivity index (χ0) is 13.9. The Labute approximate surface area is 119 Å². The van der Waals surface area contributed by atoms with Crippen molar-refractivity contribution < 1.29 is 4.39 Å². The highest BCUT2D eigenvalue weighted by Crippen LogP contribution is 2.17. The molecule has 0 saturated carbocycles. The molecule has 1 aromatic carbocycles. The monoisotopic (exact) mass is 286 g/mol. The van der Waals surface area contributed by atoms with Crippen LogP contribution in [0.15, 0.2) is 48.8 Å². The second-order valence-electron chi connectivity index (χ2n) is 4.30. The molecule has 0 atom stereocenters. The van der Waals surface area contributed by atoms with Crippen LogP contribution in [0.3, 0.4) is 0 Å². The quantitative estimate of drug-likeness (QED) is 0.752. The van der Waals surface area contributed by atoms with Crippen molar-refractivity contribution in [2.45, 2.75) is 6.54 Å². The average molecular weight is 286 g/mol. The first-order valence-corrected chi connectivity index (χ1v) is 6.45. The molecule has 0 spiro atoms. The van der Waals surface area contributed by atoms with Gasteiger partial charge in [-0.05, 0) is 42.0 Å². The number of pyridine rings is 1. The van der Waals surface area contributed by atoms with Crippen LogP contribution in [0.4, 0.5) is 4.39 Å². The molecule has 0 aliphatic heterocycles. The third-order valence-electron chi connectivity index (χ3n) is 2.93. The minimum Gasteiger partial charge on any atom is -0.296 e. The number of H-pyrrole nitrogens is 1. The molecule has 2 heterocycles. The Morgan fingerprint density at radius 1 is 1.20 bits per heavy atom. The number of nitrogens with one attached hydrogen (secondary N) is 1. The van der Waals surface area contributed by atoms with E-state index in [1.54, 1.807) is 18.5 Å². The molecule has 100 valence electrons. The first-order chi connectivity index (χ1) is 9.74. The Morgan fingerprint density at radius 3 is 2.75 bits per heavy atom. The smallest absolute Gasteiger partial charge is 0.195 e. The lowest BCUT2D eigenvalue weighted by atomic mass is 10.2. The summed E-state index contributed by atoms with van der Waals surface area (Å²) in [6.45, 7) is 0.463. The molecule has 4 nitrogen and oxygen atoms in total. The number of nitrogens with zero attached hydrogens (tertiary/aromatic N) is 3. The van der Waals surface area contributed by atoms with Crippen molar-refractivity contribution in [3.63, 3.8) is 0 Å². The van der Waals surface area contributed by atoms with Crippen LogP contribution < -0.4 is 0 Å². The van der Waals surface area contributed by atoms with Gasteiger partial charge in [-0.25, -0.2) is 4.39 Å². The van der Waals surface area contributed by atoms with Gasteiger partial charge in [-0.1, -0.05) is 12.1 Å². The fourth-order valence-corrected chi connectivity index (χ4v) is 2.20. The zero-order valence-electron chi connectivity index (χ0n) is 10.5. The molecular weight excluding hydrogens is 275 g/mol. The van der Waals surface area contributed by atoms with Gasteiger partial charge >= 0.3 is 0 Å². The van der Waals surface area contributed by atoms with Crippen LogP contribution >= 0.6 is 12.2 Å². The molecule has 0 saturated heterocycles. The highest BCUT2D eigenvalue weighted by Gasteiger charge is 2.09. The summed E-state index contributed by atoms with van der Waals surface area (Å²) in [6.07, 6.45) is 3.39. The lowest BCUT2D eigenvalue weighted by molar-refractivity contribution is 0.623. The molecule has 3 rings (SSSR count). The van der Waals surface area contributed by atoms with Crippen LogP contribution in [-0.4, -0.2) is 19.7 Å². The number of hydrogen-bond acceptors (Lipinski definition) is 3. The van der Waals surface area contributed by atoms with E-state index in [-0.39, 0.29) is 5.82 Å². The molecule has 0 unspecified atom stereocenters. The van der Waals surface area contributed by atoms with Crippen molar-refractivity contribution in [2.24, 2.45) is 0 Å². The highest BCUT2D eigenvalue weighted by atomic mass is 32.1. The molecule has 20 heavy (non-hydrogen) atoms. The van der Waals surface area contributed by atoms with Crippen LogP contribution in [0.25, 0.3) is 11.4 Å². The van der Waals surface area contributed by atoms with Crippen molar-refractivity contribution in [2.75, 3.05) is 0 Å². The number of halogens is 1. The van der Waals surface area contributed by atoms with E-state index in [0.29, 0.717) is 17.1 Å². The van der Waals surface area contributed by atoms with Gasteiger partial charge in [-0.15, -0.1) is 0 Å². The first-order valence-electron chi connectivity index (χ1n) is 6.04. The van der Waals surface area contributed by atoms with Crippen molar-refractivity contribution in [3.05, 3.63) is 64.9 Å². The fourth-order valence-electron chi connectivity index (χ4n) is 2.00. The number of aromatic nitrogens is 4. The van der Waals surface area contributed by atoms with Gasteiger partial charge in [-0.2, -0.15) is 5.10 Å². The Kier molecular flexibility index (Phi) is 3.39. The Bertz CT molecular complexity index is 779. The van der Waals surface area contributed by atoms with Crippen LogP contribution in [0.5, 0.6) is 0 Å². The van der Waals surface area contributed by atoms with Crippen LogP contribution in [-0.2, 0) is 6.54 Å². The molecule has 0 amide bonds. The summed E-state index contributed by atoms with van der Waals surface area (Å²) >= 11 is 5.24. The van der Waals surface area contributed by atoms with Gasteiger partial charge in [0.15, 0.2) is 10.6 Å². The average Bonchev–Trinajstić information content (AvgIpc) is 2.81. The van der Waals surface area contributed by atoms with E-state index in [1.165, 1.54) is 12.1 Å². The zero-order valence-corrected chi connectivity index (χ0v) is 11.3. The minimum absolute atomic E-state index is 0.261. The molecule has 0 fully saturated rings. The number of aromatic amines is 1. The molecule has 0 aliphatic rings. The Morgan fingerprint density at radius 2 is 2.00 bits per heavy atom. The van der Waals surface area contributed by atoms with Crippen LogP contribution in [0, 0.1) is 10.6 Å². The van der Waals surface area contributed by atoms with E-state index in [9.17, 15) is 4.39 Å². The van der Waals surface area contributed by atoms with E-state index in [1.807, 2.05) is 22.8 Å². The van der Waals surface area contributed by atoms with E-state index in [0.717, 1.165) is 11.1 Å². The highest BCUT2D eigenvalue weighted by molar-refractivity contribution is 7.71. The van der Waals surface area contributed by atoms with Crippen molar-refractivity contribution >= 4 is 12.2 Å². The van der Waals surface area contributed by atoms with Gasteiger partial charge in [0.2, 0.25) is 0 Å². The summed E-state index contributed by atoms with van der Waals surface area (Å²) in [6, 6.07) is 10.2. The standard InChI is InChI=1S/C14H11FN4S/c15-12-3-1-2-10(8-12)9-19-13(17-18-14(19)20)11-4-6-16-7-5-11/h1-8H,9H2,(H,18,20). The minimum atomic E-state index is -0.261. The van der Waals surface area contributed by atoms with E-state index >= 15 is 0 Å². The third kappa shape index (κ3) is 2.50. The molecule has 0 aliphatic carbocycles. The fraction of sp³-hybridized carbons (Fsp3) is 0.0714. The Hall–Kier alpha value is -2.34. The van der Waals surface area contributed by atoms with Gasteiger partial charge in [0, 0.05) is 18.0 Å². The van der Waals surface area contributed by atoms with Crippen molar-refractivity contribution in [3.8, 4) is 11.4 Å². The Balaban J connectivity index is 2.02. The van der Waals surface area contributed by atoms with Gasteiger partial charge in [-0.3, -0.25) is 14.6 Å². The largest absolute Gasteiger partial charge is 0.296 e. The molecule has 6 heteroatoms. The summed E-state index contributed by atoms with van der Waals surface area (Å²) in [5.74, 6) is 0.449. The SMILES string of the molecule is Fc1cccc(Cn2c(-c3ccncc3)n[nH]c2=S)c1. The van der Waals surface area contributed by atoms with Crippen LogP contribution in [0.1, 0.15) is 5.56 Å². The molecule has 0 bridgehead atoms. The maximum absolute atomic E-state index is 13.3. The number of rotatable bonds is 3. The topological polar surface area (TPSA) is 46.5 Å². The van der Waals surface area contributed by atoms with E-state index in [4.69, 9.17) is 12.2 Å². The maximum atomic E-state index is 13.3. The van der Waals surface area contributed by atoms with Gasteiger partial charge in [0.1, 0.15) is 5.82 Å². The summed E-state index contributed by atoms with van der Waals surface area (Å²) in [4.78, 5) is 3.98. The summed E-state index contributed by atoms with van der Waals surface area (Å²) < 4.78 is 15.6. The predicted molar refractivity (Wildman–Crippen MR) is 76.1 cm³/mol. The molecule has 1 N–H and O–H groups in total. The van der Waals surface area contributed by atoms with Crippen LogP contribution in [0.2, 0.25) is 0 Å². The van der Waals surface area contributed by atoms with Gasteiger partial charge in [0.25, 0.3) is 0 Å². The first kappa shape index (κ1) is 12.7. The summed E-state index contributed by atoms with van der Waals surface area (Å²) in [7, 11) is 0. The molecule has 2 aromatic heterocycles. The lowest BCUT2D eigenvalue weighted by Gasteiger charge is -2.07. The normalized spacial score (nSPS) is 10.7. The summed E-state index contributed by atoms with van der Waals surface area (Å²) in [5.41, 5.74) is 1.74. The van der Waals surface area contributed by atoms with Gasteiger partial charge in [0.05, 0.1) is 6.54 Å².